The van der Waals surface area contributed by atoms with Gasteiger partial charge < -0.3 is 14.4 Å². The molecule has 3 rings (SSSR count). The van der Waals surface area contributed by atoms with Gasteiger partial charge in [-0.3, -0.25) is 9.52 Å². The number of carbonyl (C=O) groups is 2. The zero-order chi connectivity index (χ0) is 22.6. The van der Waals surface area contributed by atoms with E-state index in [0.717, 1.165) is 12.8 Å². The van der Waals surface area contributed by atoms with E-state index in [4.69, 9.17) is 9.47 Å². The molecule has 1 aliphatic rings. The van der Waals surface area contributed by atoms with E-state index in [1.807, 2.05) is 0 Å². The SMILES string of the molecule is CCOC(=O)c1ccc(NS(=O)(=O)c2ccc(OC)c(C(=O)N3CCCC3)c2)c(C)c1. The molecule has 1 aliphatic heterocycles. The topological polar surface area (TPSA) is 102 Å². The van der Waals surface area contributed by atoms with Gasteiger partial charge in [0, 0.05) is 13.1 Å². The van der Waals surface area contributed by atoms with Gasteiger partial charge in [0.25, 0.3) is 15.9 Å². The molecule has 0 radical (unpaired) electrons. The predicted octanol–water partition coefficient (Wildman–Crippen LogP) is 3.22. The molecule has 2 aromatic rings. The van der Waals surface area contributed by atoms with Crippen molar-refractivity contribution in [1.29, 1.82) is 0 Å². The molecule has 1 amide bonds. The molecule has 2 aromatic carbocycles. The maximum atomic E-state index is 13.0. The van der Waals surface area contributed by atoms with Crippen molar-refractivity contribution < 1.29 is 27.5 Å². The second kappa shape index (κ2) is 9.38. The fraction of sp³-hybridized carbons (Fsp3) is 0.364. The number of esters is 1. The van der Waals surface area contributed by atoms with E-state index in [-0.39, 0.29) is 23.0 Å². The Balaban J connectivity index is 1.89. The van der Waals surface area contributed by atoms with Crippen molar-refractivity contribution in [3.8, 4) is 5.75 Å². The Kier molecular flexibility index (Phi) is 6.84. The molecule has 0 unspecified atom stereocenters. The lowest BCUT2D eigenvalue weighted by atomic mass is 10.1. The van der Waals surface area contributed by atoms with Crippen molar-refractivity contribution in [3.63, 3.8) is 0 Å². The second-order valence-electron chi connectivity index (χ2n) is 7.22. The fourth-order valence-corrected chi connectivity index (χ4v) is 4.59. The highest BCUT2D eigenvalue weighted by atomic mass is 32.2. The Morgan fingerprint density at radius 2 is 1.81 bits per heavy atom. The number of hydrogen-bond donors (Lipinski definition) is 1. The molecule has 0 spiro atoms. The average Bonchev–Trinajstić information content (AvgIpc) is 3.29. The Labute approximate surface area is 182 Å². The first kappa shape index (κ1) is 22.6. The maximum absolute atomic E-state index is 13.0. The van der Waals surface area contributed by atoms with Crippen LogP contribution in [-0.2, 0) is 14.8 Å². The van der Waals surface area contributed by atoms with Gasteiger partial charge >= 0.3 is 5.97 Å². The van der Waals surface area contributed by atoms with E-state index >= 15 is 0 Å². The van der Waals surface area contributed by atoms with Gasteiger partial charge in [0.2, 0.25) is 0 Å². The fourth-order valence-electron chi connectivity index (χ4n) is 3.44. The summed E-state index contributed by atoms with van der Waals surface area (Å²) in [6.45, 7) is 4.94. The van der Waals surface area contributed by atoms with Gasteiger partial charge in [-0.15, -0.1) is 0 Å². The molecular formula is C22H26N2O6S. The van der Waals surface area contributed by atoms with Gasteiger partial charge in [-0.2, -0.15) is 0 Å². The summed E-state index contributed by atoms with van der Waals surface area (Å²) in [5.41, 5.74) is 1.44. The minimum atomic E-state index is -3.98. The number of anilines is 1. The zero-order valence-corrected chi connectivity index (χ0v) is 18.6. The lowest BCUT2D eigenvalue weighted by Crippen LogP contribution is -2.28. The van der Waals surface area contributed by atoms with Gasteiger partial charge in [0.05, 0.1) is 35.4 Å². The quantitative estimate of drug-likeness (QED) is 0.655. The normalized spacial score (nSPS) is 13.7. The number of likely N-dealkylation sites (tertiary alicyclic amines) is 1. The Morgan fingerprint density at radius 3 is 2.42 bits per heavy atom. The first-order valence-corrected chi connectivity index (χ1v) is 11.5. The number of amides is 1. The number of hydrogen-bond acceptors (Lipinski definition) is 6. The summed E-state index contributed by atoms with van der Waals surface area (Å²) >= 11 is 0. The summed E-state index contributed by atoms with van der Waals surface area (Å²) in [7, 11) is -2.53. The van der Waals surface area contributed by atoms with Gasteiger partial charge in [0.15, 0.2) is 0 Å². The van der Waals surface area contributed by atoms with Crippen LogP contribution in [0.3, 0.4) is 0 Å². The van der Waals surface area contributed by atoms with E-state index in [9.17, 15) is 18.0 Å². The average molecular weight is 447 g/mol. The third-order valence-corrected chi connectivity index (χ3v) is 6.45. The number of nitrogens with one attached hydrogen (secondary N) is 1. The van der Waals surface area contributed by atoms with Crippen molar-refractivity contribution >= 4 is 27.6 Å². The second-order valence-corrected chi connectivity index (χ2v) is 8.90. The van der Waals surface area contributed by atoms with Crippen LogP contribution in [0.15, 0.2) is 41.3 Å². The molecule has 166 valence electrons. The smallest absolute Gasteiger partial charge is 0.338 e. The molecule has 1 fully saturated rings. The van der Waals surface area contributed by atoms with Crippen molar-refractivity contribution in [2.24, 2.45) is 0 Å². The van der Waals surface area contributed by atoms with Crippen LogP contribution >= 0.6 is 0 Å². The molecule has 9 heteroatoms. The Hall–Kier alpha value is -3.07. The molecule has 1 saturated heterocycles. The number of nitrogens with zero attached hydrogens (tertiary/aromatic N) is 1. The van der Waals surface area contributed by atoms with Crippen LogP contribution in [-0.4, -0.2) is 52.0 Å². The molecule has 0 atom stereocenters. The monoisotopic (exact) mass is 446 g/mol. The predicted molar refractivity (Wildman–Crippen MR) is 116 cm³/mol. The maximum Gasteiger partial charge on any atom is 0.338 e. The third kappa shape index (κ3) is 4.99. The molecule has 0 bridgehead atoms. The van der Waals surface area contributed by atoms with E-state index in [0.29, 0.717) is 35.7 Å². The van der Waals surface area contributed by atoms with E-state index < -0.39 is 16.0 Å². The van der Waals surface area contributed by atoms with Crippen LogP contribution in [0.5, 0.6) is 5.75 Å². The minimum Gasteiger partial charge on any atom is -0.496 e. The molecule has 0 aromatic heterocycles. The Morgan fingerprint density at radius 1 is 1.10 bits per heavy atom. The molecular weight excluding hydrogens is 420 g/mol. The van der Waals surface area contributed by atoms with E-state index in [1.165, 1.54) is 37.4 Å². The van der Waals surface area contributed by atoms with Crippen molar-refractivity contribution in [2.45, 2.75) is 31.6 Å². The number of aryl methyl sites for hydroxylation is 1. The largest absolute Gasteiger partial charge is 0.496 e. The number of carbonyl (C=O) groups excluding carboxylic acids is 2. The number of ether oxygens (including phenoxy) is 2. The highest BCUT2D eigenvalue weighted by Gasteiger charge is 2.25. The van der Waals surface area contributed by atoms with E-state index in [1.54, 1.807) is 24.8 Å². The summed E-state index contributed by atoms with van der Waals surface area (Å²) < 4.78 is 38.8. The van der Waals surface area contributed by atoms with Gasteiger partial charge in [0.1, 0.15) is 5.75 Å². The lowest BCUT2D eigenvalue weighted by Gasteiger charge is -2.18. The van der Waals surface area contributed by atoms with E-state index in [2.05, 4.69) is 4.72 Å². The van der Waals surface area contributed by atoms with Crippen LogP contribution in [0.25, 0.3) is 0 Å². The van der Waals surface area contributed by atoms with Gasteiger partial charge in [-0.1, -0.05) is 0 Å². The Bertz CT molecular complexity index is 1090. The molecule has 0 aliphatic carbocycles. The molecule has 0 saturated carbocycles. The van der Waals surface area contributed by atoms with Crippen LogP contribution in [0.4, 0.5) is 5.69 Å². The first-order valence-electron chi connectivity index (χ1n) is 10.0. The number of sulfonamides is 1. The van der Waals surface area contributed by atoms with Crippen molar-refractivity contribution in [1.82, 2.24) is 4.90 Å². The van der Waals surface area contributed by atoms with Gasteiger partial charge in [-0.25, -0.2) is 13.2 Å². The van der Waals surface area contributed by atoms with Gasteiger partial charge in [-0.05, 0) is 68.7 Å². The van der Waals surface area contributed by atoms with Crippen molar-refractivity contribution in [3.05, 3.63) is 53.1 Å². The number of methoxy groups -OCH3 is 1. The van der Waals surface area contributed by atoms with Crippen LogP contribution in [0.1, 0.15) is 46.0 Å². The van der Waals surface area contributed by atoms with Crippen molar-refractivity contribution in [2.75, 3.05) is 31.5 Å². The molecule has 1 N–H and O–H groups in total. The summed E-state index contributed by atoms with van der Waals surface area (Å²) in [5, 5.41) is 0. The molecule has 8 nitrogen and oxygen atoms in total. The zero-order valence-electron chi connectivity index (χ0n) is 17.8. The third-order valence-electron chi connectivity index (χ3n) is 5.09. The standard InChI is InChI=1S/C22H26N2O6S/c1-4-30-22(26)16-7-9-19(15(2)13-16)23-31(27,28)17-8-10-20(29-3)18(14-17)21(25)24-11-5-6-12-24/h7-10,13-14,23H,4-6,11-12H2,1-3H3. The van der Waals surface area contributed by atoms with Crippen LogP contribution < -0.4 is 9.46 Å². The molecule has 1 heterocycles. The lowest BCUT2D eigenvalue weighted by molar-refractivity contribution is 0.0526. The minimum absolute atomic E-state index is 0.0512. The number of rotatable bonds is 7. The number of benzene rings is 2. The highest BCUT2D eigenvalue weighted by Crippen LogP contribution is 2.27. The van der Waals surface area contributed by atoms with Crippen LogP contribution in [0, 0.1) is 6.92 Å². The summed E-state index contributed by atoms with van der Waals surface area (Å²) in [6.07, 6.45) is 1.85. The summed E-state index contributed by atoms with van der Waals surface area (Å²) in [6, 6.07) is 8.79. The van der Waals surface area contributed by atoms with Crippen LogP contribution in [0.2, 0.25) is 0 Å². The first-order chi connectivity index (χ1) is 14.8. The highest BCUT2D eigenvalue weighted by molar-refractivity contribution is 7.92. The summed E-state index contributed by atoms with van der Waals surface area (Å²) in [5.74, 6) is -0.396. The molecule has 31 heavy (non-hydrogen) atoms. The summed E-state index contributed by atoms with van der Waals surface area (Å²) in [4.78, 5) is 26.4.